The third-order valence-corrected chi connectivity index (χ3v) is 3.96. The molecule has 1 fully saturated rings. The minimum Gasteiger partial charge on any atom is -0.481 e. The van der Waals surface area contributed by atoms with Crippen LogP contribution in [-0.2, 0) is 4.79 Å². The van der Waals surface area contributed by atoms with E-state index in [2.05, 4.69) is 15.2 Å². The smallest absolute Gasteiger partial charge is 0.258 e. The highest BCUT2D eigenvalue weighted by atomic mass is 19.1. The first kappa shape index (κ1) is 16.2. The summed E-state index contributed by atoms with van der Waals surface area (Å²) < 4.78 is 18.7. The lowest BCUT2D eigenvalue weighted by Gasteiger charge is -2.33. The van der Waals surface area contributed by atoms with Crippen LogP contribution in [0.25, 0.3) is 0 Å². The fraction of sp³-hybridized carbons (Fsp3) is 0.333. The van der Waals surface area contributed by atoms with Gasteiger partial charge < -0.3 is 15.0 Å². The molecule has 2 aromatic rings. The molecule has 0 radical (unpaired) electrons. The van der Waals surface area contributed by atoms with Crippen LogP contribution in [0.1, 0.15) is 12.8 Å². The first-order valence-corrected chi connectivity index (χ1v) is 8.05. The number of ether oxygens (including phenoxy) is 1. The molecule has 2 heterocycles. The summed E-state index contributed by atoms with van der Waals surface area (Å²) in [5.41, 5.74) is 0. The zero-order valence-electron chi connectivity index (χ0n) is 13.3. The van der Waals surface area contributed by atoms with Crippen molar-refractivity contribution in [2.75, 3.05) is 24.6 Å². The van der Waals surface area contributed by atoms with E-state index < -0.39 is 5.82 Å². The Bertz CT molecular complexity index is 681. The number of anilines is 1. The Kier molecular flexibility index (Phi) is 5.25. The van der Waals surface area contributed by atoms with Crippen molar-refractivity contribution < 1.29 is 13.9 Å². The van der Waals surface area contributed by atoms with Gasteiger partial charge in [0.05, 0.1) is 0 Å². The number of piperidine rings is 1. The topological polar surface area (TPSA) is 54.5 Å². The van der Waals surface area contributed by atoms with E-state index in [0.29, 0.717) is 6.54 Å². The fourth-order valence-electron chi connectivity index (χ4n) is 2.82. The van der Waals surface area contributed by atoms with E-state index in [4.69, 9.17) is 4.74 Å². The highest BCUT2D eigenvalue weighted by molar-refractivity contribution is 5.78. The molecule has 0 unspecified atom stereocenters. The predicted molar refractivity (Wildman–Crippen MR) is 89.5 cm³/mol. The number of amides is 1. The molecule has 1 atom stereocenters. The number of aromatic nitrogens is 1. The van der Waals surface area contributed by atoms with Gasteiger partial charge in [-0.3, -0.25) is 4.79 Å². The number of para-hydroxylation sites is 1. The molecule has 24 heavy (non-hydrogen) atoms. The zero-order valence-corrected chi connectivity index (χ0v) is 13.3. The van der Waals surface area contributed by atoms with E-state index in [0.717, 1.165) is 25.2 Å². The van der Waals surface area contributed by atoms with Crippen molar-refractivity contribution in [3.63, 3.8) is 0 Å². The van der Waals surface area contributed by atoms with Crippen LogP contribution in [-0.4, -0.2) is 36.6 Å². The number of pyridine rings is 1. The number of hydrogen-bond acceptors (Lipinski definition) is 4. The Balaban J connectivity index is 1.50. The standard InChI is InChI=1S/C18H20FN3O2/c19-15-7-1-2-8-16(15)24-13-18(23)21-14-6-5-11-22(12-14)17-9-3-4-10-20-17/h1-4,7-10,14H,5-6,11-13H2,(H,21,23)/t14-/m1/s1. The molecule has 1 aliphatic rings. The van der Waals surface area contributed by atoms with Gasteiger partial charge in [-0.2, -0.15) is 0 Å². The first-order chi connectivity index (χ1) is 11.7. The summed E-state index contributed by atoms with van der Waals surface area (Å²) >= 11 is 0. The van der Waals surface area contributed by atoms with Gasteiger partial charge >= 0.3 is 0 Å². The summed E-state index contributed by atoms with van der Waals surface area (Å²) in [4.78, 5) is 18.6. The summed E-state index contributed by atoms with van der Waals surface area (Å²) in [5.74, 6) is 0.292. The van der Waals surface area contributed by atoms with Gasteiger partial charge in [-0.25, -0.2) is 9.37 Å². The molecule has 1 N–H and O–H groups in total. The second-order valence-electron chi connectivity index (χ2n) is 5.76. The van der Waals surface area contributed by atoms with Gasteiger partial charge in [0.2, 0.25) is 0 Å². The lowest BCUT2D eigenvalue weighted by Crippen LogP contribution is -2.49. The van der Waals surface area contributed by atoms with Crippen molar-refractivity contribution in [1.29, 1.82) is 0 Å². The molecule has 1 aromatic heterocycles. The number of carbonyl (C=O) groups is 1. The van der Waals surface area contributed by atoms with Gasteiger partial charge in [-0.1, -0.05) is 18.2 Å². The minimum atomic E-state index is -0.468. The molecule has 0 aliphatic carbocycles. The van der Waals surface area contributed by atoms with Crippen molar-refractivity contribution in [2.24, 2.45) is 0 Å². The third kappa shape index (κ3) is 4.22. The molecule has 1 amide bonds. The number of nitrogens with zero attached hydrogens (tertiary/aromatic N) is 2. The maximum atomic E-state index is 13.5. The van der Waals surface area contributed by atoms with E-state index in [9.17, 15) is 9.18 Å². The van der Waals surface area contributed by atoms with Gasteiger partial charge in [-0.15, -0.1) is 0 Å². The van der Waals surface area contributed by atoms with E-state index >= 15 is 0 Å². The van der Waals surface area contributed by atoms with Crippen LogP contribution in [0.4, 0.5) is 10.2 Å². The summed E-state index contributed by atoms with van der Waals surface area (Å²) in [6.45, 7) is 1.44. The van der Waals surface area contributed by atoms with Gasteiger partial charge in [-0.05, 0) is 37.1 Å². The van der Waals surface area contributed by atoms with E-state index in [-0.39, 0.29) is 24.3 Å². The summed E-state index contributed by atoms with van der Waals surface area (Å²) in [5, 5.41) is 2.95. The predicted octanol–water partition coefficient (Wildman–Crippen LogP) is 2.38. The molecule has 5 nitrogen and oxygen atoms in total. The summed E-state index contributed by atoms with van der Waals surface area (Å²) in [7, 11) is 0. The highest BCUT2D eigenvalue weighted by Gasteiger charge is 2.22. The molecule has 3 rings (SSSR count). The number of rotatable bonds is 5. The monoisotopic (exact) mass is 329 g/mol. The first-order valence-electron chi connectivity index (χ1n) is 8.05. The Morgan fingerprint density at radius 3 is 2.92 bits per heavy atom. The van der Waals surface area contributed by atoms with E-state index in [1.807, 2.05) is 18.2 Å². The van der Waals surface area contributed by atoms with Crippen LogP contribution in [0.2, 0.25) is 0 Å². The van der Waals surface area contributed by atoms with Crippen molar-refractivity contribution in [1.82, 2.24) is 10.3 Å². The molecule has 126 valence electrons. The molecule has 1 aromatic carbocycles. The Morgan fingerprint density at radius 2 is 2.12 bits per heavy atom. The highest BCUT2D eigenvalue weighted by Crippen LogP contribution is 2.18. The van der Waals surface area contributed by atoms with E-state index in [1.54, 1.807) is 18.3 Å². The van der Waals surface area contributed by atoms with Gasteiger partial charge in [0.25, 0.3) is 5.91 Å². The van der Waals surface area contributed by atoms with Gasteiger partial charge in [0.1, 0.15) is 5.82 Å². The number of halogens is 1. The molecule has 0 bridgehead atoms. The average Bonchev–Trinajstić information content (AvgIpc) is 2.62. The van der Waals surface area contributed by atoms with Crippen molar-refractivity contribution in [2.45, 2.75) is 18.9 Å². The Hall–Kier alpha value is -2.63. The van der Waals surface area contributed by atoms with Gasteiger partial charge in [0, 0.05) is 25.3 Å². The SMILES string of the molecule is O=C(COc1ccccc1F)N[C@@H]1CCCN(c2ccccn2)C1. The van der Waals surface area contributed by atoms with Crippen LogP contribution in [0.15, 0.2) is 48.7 Å². The maximum absolute atomic E-state index is 13.5. The normalized spacial score (nSPS) is 17.4. The van der Waals surface area contributed by atoms with Crippen LogP contribution in [0, 0.1) is 5.82 Å². The molecule has 1 aliphatic heterocycles. The lowest BCUT2D eigenvalue weighted by atomic mass is 10.1. The Labute approximate surface area is 140 Å². The van der Waals surface area contributed by atoms with Crippen molar-refractivity contribution in [3.05, 3.63) is 54.5 Å². The van der Waals surface area contributed by atoms with Crippen LogP contribution < -0.4 is 15.0 Å². The average molecular weight is 329 g/mol. The van der Waals surface area contributed by atoms with Crippen LogP contribution in [0.3, 0.4) is 0 Å². The summed E-state index contributed by atoms with van der Waals surface area (Å²) in [6.07, 6.45) is 3.66. The molecular formula is C18H20FN3O2. The third-order valence-electron chi connectivity index (χ3n) is 3.96. The second kappa shape index (κ2) is 7.77. The van der Waals surface area contributed by atoms with Gasteiger partial charge in [0.15, 0.2) is 18.2 Å². The molecule has 0 saturated carbocycles. The van der Waals surface area contributed by atoms with Crippen molar-refractivity contribution in [3.8, 4) is 5.75 Å². The largest absolute Gasteiger partial charge is 0.481 e. The van der Waals surface area contributed by atoms with Crippen LogP contribution >= 0.6 is 0 Å². The maximum Gasteiger partial charge on any atom is 0.258 e. The molecule has 1 saturated heterocycles. The quantitative estimate of drug-likeness (QED) is 0.915. The number of benzene rings is 1. The lowest BCUT2D eigenvalue weighted by molar-refractivity contribution is -0.123. The van der Waals surface area contributed by atoms with Crippen molar-refractivity contribution >= 4 is 11.7 Å². The number of hydrogen-bond donors (Lipinski definition) is 1. The molecular weight excluding hydrogens is 309 g/mol. The zero-order chi connectivity index (χ0) is 16.8. The Morgan fingerprint density at radius 1 is 1.29 bits per heavy atom. The van der Waals surface area contributed by atoms with Crippen LogP contribution in [0.5, 0.6) is 5.75 Å². The second-order valence-corrected chi connectivity index (χ2v) is 5.76. The number of carbonyl (C=O) groups excluding carboxylic acids is 1. The molecule has 6 heteroatoms. The number of nitrogens with one attached hydrogen (secondary N) is 1. The summed E-state index contributed by atoms with van der Waals surface area (Å²) in [6, 6.07) is 11.9. The minimum absolute atomic E-state index is 0.0393. The fourth-order valence-corrected chi connectivity index (χ4v) is 2.82. The van der Waals surface area contributed by atoms with E-state index in [1.165, 1.54) is 12.1 Å². The molecule has 0 spiro atoms.